The minimum Gasteiger partial charge on any atom is -0.379 e. The third-order valence-corrected chi connectivity index (χ3v) is 5.99. The molecule has 1 aliphatic carbocycles. The van der Waals surface area contributed by atoms with Crippen molar-refractivity contribution in [2.75, 3.05) is 39.5 Å². The number of ether oxygens (including phenoxy) is 2. The van der Waals surface area contributed by atoms with Gasteiger partial charge in [-0.1, -0.05) is 43.5 Å². The van der Waals surface area contributed by atoms with Crippen LogP contribution in [0, 0.1) is 0 Å². The van der Waals surface area contributed by atoms with Crippen LogP contribution in [0.5, 0.6) is 0 Å². The summed E-state index contributed by atoms with van der Waals surface area (Å²) >= 11 is 0. The van der Waals surface area contributed by atoms with Crippen molar-refractivity contribution in [1.29, 1.82) is 0 Å². The number of benzene rings is 1. The fraction of sp³-hybridized carbons (Fsp3) is 0.682. The van der Waals surface area contributed by atoms with Crippen LogP contribution < -0.4 is 10.6 Å². The Hall–Kier alpha value is -1.63. The van der Waals surface area contributed by atoms with Crippen molar-refractivity contribution >= 4 is 6.03 Å². The van der Waals surface area contributed by atoms with Crippen molar-refractivity contribution in [2.45, 2.75) is 57.7 Å². The Morgan fingerprint density at radius 3 is 2.43 bits per heavy atom. The van der Waals surface area contributed by atoms with E-state index >= 15 is 0 Å². The molecule has 0 unspecified atom stereocenters. The SMILES string of the molecule is CCOCc1ccc(CNC(=O)NCC2(N3CCOCC3)CCCCC2)cc1. The lowest BCUT2D eigenvalue weighted by atomic mass is 9.80. The van der Waals surface area contributed by atoms with Crippen LogP contribution in [0.3, 0.4) is 0 Å². The molecule has 1 saturated heterocycles. The number of amides is 2. The molecule has 3 rings (SSSR count). The van der Waals surface area contributed by atoms with E-state index in [9.17, 15) is 4.79 Å². The lowest BCUT2D eigenvalue weighted by molar-refractivity contribution is -0.0357. The molecule has 2 fully saturated rings. The molecule has 0 bridgehead atoms. The van der Waals surface area contributed by atoms with Gasteiger partial charge in [0.25, 0.3) is 0 Å². The quantitative estimate of drug-likeness (QED) is 0.717. The number of hydrogen-bond donors (Lipinski definition) is 2. The molecule has 28 heavy (non-hydrogen) atoms. The topological polar surface area (TPSA) is 62.8 Å². The van der Waals surface area contributed by atoms with Crippen LogP contribution in [0.1, 0.15) is 50.2 Å². The fourth-order valence-electron chi connectivity index (χ4n) is 4.32. The largest absolute Gasteiger partial charge is 0.379 e. The number of carbonyl (C=O) groups is 1. The van der Waals surface area contributed by atoms with Gasteiger partial charge in [0.2, 0.25) is 0 Å². The summed E-state index contributed by atoms with van der Waals surface area (Å²) in [5, 5.41) is 6.14. The first kappa shape index (κ1) is 21.1. The van der Waals surface area contributed by atoms with E-state index < -0.39 is 0 Å². The molecule has 0 spiro atoms. The molecule has 1 aliphatic heterocycles. The molecule has 1 saturated carbocycles. The number of hydrogen-bond acceptors (Lipinski definition) is 4. The van der Waals surface area contributed by atoms with Gasteiger partial charge in [-0.15, -0.1) is 0 Å². The molecule has 2 N–H and O–H groups in total. The molecular formula is C22H35N3O3. The predicted octanol–water partition coefficient (Wildman–Crippen LogP) is 3.06. The summed E-state index contributed by atoms with van der Waals surface area (Å²) in [7, 11) is 0. The van der Waals surface area contributed by atoms with E-state index in [2.05, 4.69) is 27.7 Å². The van der Waals surface area contributed by atoms with Crippen LogP contribution in [0.2, 0.25) is 0 Å². The summed E-state index contributed by atoms with van der Waals surface area (Å²) in [6, 6.07) is 8.12. The summed E-state index contributed by atoms with van der Waals surface area (Å²) in [5.74, 6) is 0. The molecule has 2 amide bonds. The zero-order valence-electron chi connectivity index (χ0n) is 17.2. The van der Waals surface area contributed by atoms with E-state index in [-0.39, 0.29) is 11.6 Å². The molecular weight excluding hydrogens is 354 g/mol. The van der Waals surface area contributed by atoms with E-state index in [4.69, 9.17) is 9.47 Å². The highest BCUT2D eigenvalue weighted by molar-refractivity contribution is 5.73. The van der Waals surface area contributed by atoms with E-state index in [0.29, 0.717) is 19.7 Å². The van der Waals surface area contributed by atoms with E-state index in [1.165, 1.54) is 19.3 Å². The molecule has 1 aromatic rings. The number of carbonyl (C=O) groups excluding carboxylic acids is 1. The van der Waals surface area contributed by atoms with Crippen molar-refractivity contribution in [3.8, 4) is 0 Å². The van der Waals surface area contributed by atoms with Crippen molar-refractivity contribution in [3.05, 3.63) is 35.4 Å². The van der Waals surface area contributed by atoms with Gasteiger partial charge in [0.05, 0.1) is 19.8 Å². The number of rotatable bonds is 8. The second-order valence-corrected chi connectivity index (χ2v) is 7.87. The third kappa shape index (κ3) is 5.93. The third-order valence-electron chi connectivity index (χ3n) is 5.99. The lowest BCUT2D eigenvalue weighted by Gasteiger charge is -2.48. The molecule has 1 heterocycles. The average molecular weight is 390 g/mol. The van der Waals surface area contributed by atoms with Gasteiger partial charge in [-0.25, -0.2) is 4.79 Å². The van der Waals surface area contributed by atoms with E-state index in [1.54, 1.807) is 0 Å². The van der Waals surface area contributed by atoms with Gasteiger partial charge in [0.15, 0.2) is 0 Å². The highest BCUT2D eigenvalue weighted by Crippen LogP contribution is 2.33. The highest BCUT2D eigenvalue weighted by atomic mass is 16.5. The normalized spacial score (nSPS) is 19.9. The van der Waals surface area contributed by atoms with Gasteiger partial charge < -0.3 is 20.1 Å². The maximum absolute atomic E-state index is 12.4. The second-order valence-electron chi connectivity index (χ2n) is 7.87. The summed E-state index contributed by atoms with van der Waals surface area (Å²) in [4.78, 5) is 15.0. The Morgan fingerprint density at radius 1 is 1.07 bits per heavy atom. The predicted molar refractivity (Wildman–Crippen MR) is 110 cm³/mol. The van der Waals surface area contributed by atoms with Gasteiger partial charge in [0.1, 0.15) is 0 Å². The van der Waals surface area contributed by atoms with Gasteiger partial charge in [-0.2, -0.15) is 0 Å². The maximum Gasteiger partial charge on any atom is 0.315 e. The lowest BCUT2D eigenvalue weighted by Crippen LogP contribution is -2.60. The molecule has 0 radical (unpaired) electrons. The van der Waals surface area contributed by atoms with Gasteiger partial charge >= 0.3 is 6.03 Å². The van der Waals surface area contributed by atoms with Crippen LogP contribution in [0.15, 0.2) is 24.3 Å². The van der Waals surface area contributed by atoms with Gasteiger partial charge in [0, 0.05) is 38.3 Å². The fourth-order valence-corrected chi connectivity index (χ4v) is 4.32. The number of morpholine rings is 1. The van der Waals surface area contributed by atoms with Crippen molar-refractivity contribution < 1.29 is 14.3 Å². The van der Waals surface area contributed by atoms with Crippen LogP contribution in [-0.4, -0.2) is 55.9 Å². The molecule has 6 heteroatoms. The molecule has 0 aromatic heterocycles. The summed E-state index contributed by atoms with van der Waals surface area (Å²) in [6.07, 6.45) is 6.12. The van der Waals surface area contributed by atoms with Crippen LogP contribution in [0.4, 0.5) is 4.79 Å². The van der Waals surface area contributed by atoms with Crippen LogP contribution >= 0.6 is 0 Å². The number of nitrogens with one attached hydrogen (secondary N) is 2. The highest BCUT2D eigenvalue weighted by Gasteiger charge is 2.38. The molecule has 2 aliphatic rings. The Morgan fingerprint density at radius 2 is 1.75 bits per heavy atom. The van der Waals surface area contributed by atoms with E-state index in [0.717, 1.165) is 56.9 Å². The van der Waals surface area contributed by atoms with Crippen LogP contribution in [0.25, 0.3) is 0 Å². The van der Waals surface area contributed by atoms with Crippen molar-refractivity contribution in [1.82, 2.24) is 15.5 Å². The minimum absolute atomic E-state index is 0.0865. The first-order chi connectivity index (χ1) is 13.7. The Labute approximate surface area is 169 Å². The van der Waals surface area contributed by atoms with Crippen molar-refractivity contribution in [2.24, 2.45) is 0 Å². The van der Waals surface area contributed by atoms with Crippen molar-refractivity contribution in [3.63, 3.8) is 0 Å². The Balaban J connectivity index is 1.46. The second kappa shape index (κ2) is 10.8. The zero-order valence-corrected chi connectivity index (χ0v) is 17.2. The summed E-state index contributed by atoms with van der Waals surface area (Å²) < 4.78 is 10.9. The summed E-state index contributed by atoms with van der Waals surface area (Å²) in [6.45, 7) is 8.13. The monoisotopic (exact) mass is 389 g/mol. The number of nitrogens with zero attached hydrogens (tertiary/aromatic N) is 1. The first-order valence-corrected chi connectivity index (χ1v) is 10.7. The van der Waals surface area contributed by atoms with Gasteiger partial charge in [-0.05, 0) is 30.9 Å². The Kier molecular flexibility index (Phi) is 8.13. The number of urea groups is 1. The molecule has 6 nitrogen and oxygen atoms in total. The maximum atomic E-state index is 12.4. The zero-order chi connectivity index (χ0) is 19.7. The molecule has 1 aromatic carbocycles. The minimum atomic E-state index is -0.0865. The average Bonchev–Trinajstić information content (AvgIpc) is 2.77. The molecule has 156 valence electrons. The first-order valence-electron chi connectivity index (χ1n) is 10.7. The molecule has 0 atom stereocenters. The van der Waals surface area contributed by atoms with Crippen LogP contribution in [-0.2, 0) is 22.6 Å². The van der Waals surface area contributed by atoms with Gasteiger partial charge in [-0.3, -0.25) is 4.90 Å². The van der Waals surface area contributed by atoms with E-state index in [1.807, 2.05) is 19.1 Å². The standard InChI is InChI=1S/C22H35N3O3/c1-2-27-17-20-8-6-19(7-9-20)16-23-21(26)24-18-22(10-4-3-5-11-22)25-12-14-28-15-13-25/h6-9H,2-5,10-18H2,1H3,(H2,23,24,26). The Bertz CT molecular complexity index is 594. The smallest absolute Gasteiger partial charge is 0.315 e. The summed E-state index contributed by atoms with van der Waals surface area (Å²) in [5.41, 5.74) is 2.34.